The van der Waals surface area contributed by atoms with Gasteiger partial charge in [0.05, 0.1) is 0 Å². The molecule has 0 bridgehead atoms. The Morgan fingerprint density at radius 1 is 1.13 bits per heavy atom. The molecule has 1 fully saturated rings. The van der Waals surface area contributed by atoms with Crippen LogP contribution in [0.3, 0.4) is 0 Å². The molecule has 0 saturated heterocycles. The van der Waals surface area contributed by atoms with Gasteiger partial charge in [-0.25, -0.2) is 0 Å². The van der Waals surface area contributed by atoms with Crippen LogP contribution in [-0.4, -0.2) is 12.0 Å². The van der Waals surface area contributed by atoms with Crippen molar-refractivity contribution in [2.45, 2.75) is 65.7 Å². The third kappa shape index (κ3) is 3.41. The van der Waals surface area contributed by atoms with Crippen LogP contribution in [-0.2, 0) is 0 Å². The Kier molecular flexibility index (Phi) is 5.02. The van der Waals surface area contributed by atoms with E-state index in [1.165, 1.54) is 50.7 Å². The van der Waals surface area contributed by atoms with Gasteiger partial charge in [-0.2, -0.15) is 11.8 Å². The van der Waals surface area contributed by atoms with Gasteiger partial charge in [-0.05, 0) is 48.5 Å². The average Bonchev–Trinajstić information content (AvgIpc) is 2.19. The Labute approximate surface area is 101 Å². The smallest absolute Gasteiger partial charge is 0.00701 e. The molecular formula is C14H28S. The standard InChI is InChI=1S/C14H28S/c1-13(2,9-8-12-15-4)14(3)10-6-5-7-11-14/h5-12H2,1-4H3. The summed E-state index contributed by atoms with van der Waals surface area (Å²) >= 11 is 1.99. The lowest BCUT2D eigenvalue weighted by molar-refractivity contribution is 0.0359. The minimum Gasteiger partial charge on any atom is -0.165 e. The summed E-state index contributed by atoms with van der Waals surface area (Å²) in [6.07, 6.45) is 12.3. The summed E-state index contributed by atoms with van der Waals surface area (Å²) in [6, 6.07) is 0. The molecule has 0 unspecified atom stereocenters. The monoisotopic (exact) mass is 228 g/mol. The Morgan fingerprint density at radius 2 is 1.73 bits per heavy atom. The number of hydrogen-bond acceptors (Lipinski definition) is 1. The fourth-order valence-corrected chi connectivity index (χ4v) is 3.40. The first-order valence-corrected chi connectivity index (χ1v) is 7.90. The van der Waals surface area contributed by atoms with Gasteiger partial charge in [0, 0.05) is 0 Å². The zero-order valence-corrected chi connectivity index (χ0v) is 11.9. The molecule has 1 aliphatic carbocycles. The van der Waals surface area contributed by atoms with Crippen molar-refractivity contribution in [3.8, 4) is 0 Å². The molecule has 0 N–H and O–H groups in total. The van der Waals surface area contributed by atoms with E-state index in [4.69, 9.17) is 0 Å². The quantitative estimate of drug-likeness (QED) is 0.588. The van der Waals surface area contributed by atoms with Crippen LogP contribution in [0.2, 0.25) is 0 Å². The van der Waals surface area contributed by atoms with Crippen LogP contribution in [0.1, 0.15) is 65.7 Å². The third-order valence-electron chi connectivity index (χ3n) is 4.74. The molecule has 0 aromatic heterocycles. The maximum absolute atomic E-state index is 2.53. The highest BCUT2D eigenvalue weighted by Gasteiger charge is 2.40. The second-order valence-electron chi connectivity index (χ2n) is 6.10. The van der Waals surface area contributed by atoms with Crippen molar-refractivity contribution in [3.63, 3.8) is 0 Å². The van der Waals surface area contributed by atoms with E-state index in [0.29, 0.717) is 10.8 Å². The summed E-state index contributed by atoms with van der Waals surface area (Å²) in [5, 5.41) is 0. The van der Waals surface area contributed by atoms with Gasteiger partial charge < -0.3 is 0 Å². The van der Waals surface area contributed by atoms with Crippen LogP contribution < -0.4 is 0 Å². The van der Waals surface area contributed by atoms with Crippen molar-refractivity contribution < 1.29 is 0 Å². The zero-order valence-electron chi connectivity index (χ0n) is 11.1. The zero-order chi connectivity index (χ0) is 11.4. The number of rotatable bonds is 5. The van der Waals surface area contributed by atoms with Crippen LogP contribution >= 0.6 is 11.8 Å². The molecule has 0 aromatic rings. The first kappa shape index (κ1) is 13.4. The Morgan fingerprint density at radius 3 is 2.27 bits per heavy atom. The van der Waals surface area contributed by atoms with E-state index in [1.807, 2.05) is 11.8 Å². The summed E-state index contributed by atoms with van der Waals surface area (Å²) in [4.78, 5) is 0. The summed E-state index contributed by atoms with van der Waals surface area (Å²) < 4.78 is 0. The average molecular weight is 228 g/mol. The van der Waals surface area contributed by atoms with Gasteiger partial charge in [0.15, 0.2) is 0 Å². The van der Waals surface area contributed by atoms with Crippen LogP contribution in [0.4, 0.5) is 0 Å². The number of hydrogen-bond donors (Lipinski definition) is 0. The van der Waals surface area contributed by atoms with Gasteiger partial charge in [0.1, 0.15) is 0 Å². The second kappa shape index (κ2) is 5.61. The summed E-state index contributed by atoms with van der Waals surface area (Å²) in [7, 11) is 0. The van der Waals surface area contributed by atoms with Gasteiger partial charge in [-0.1, -0.05) is 40.0 Å². The van der Waals surface area contributed by atoms with E-state index in [9.17, 15) is 0 Å². The molecule has 0 aliphatic heterocycles. The molecule has 0 aromatic carbocycles. The van der Waals surface area contributed by atoms with Crippen LogP contribution in [0, 0.1) is 10.8 Å². The molecule has 0 spiro atoms. The first-order valence-electron chi connectivity index (χ1n) is 6.51. The predicted molar refractivity (Wildman–Crippen MR) is 72.6 cm³/mol. The van der Waals surface area contributed by atoms with E-state index in [1.54, 1.807) is 0 Å². The van der Waals surface area contributed by atoms with E-state index in [0.717, 1.165) is 0 Å². The lowest BCUT2D eigenvalue weighted by atomic mass is 9.58. The van der Waals surface area contributed by atoms with Crippen molar-refractivity contribution in [2.75, 3.05) is 12.0 Å². The number of thioether (sulfide) groups is 1. The Hall–Kier alpha value is 0.350. The normalized spacial score (nSPS) is 21.6. The minimum atomic E-state index is 0.545. The molecule has 0 heterocycles. The highest BCUT2D eigenvalue weighted by molar-refractivity contribution is 7.98. The van der Waals surface area contributed by atoms with Gasteiger partial charge in [-0.3, -0.25) is 0 Å². The third-order valence-corrected chi connectivity index (χ3v) is 5.44. The predicted octanol–water partition coefficient (Wildman–Crippen LogP) is 5.13. The highest BCUT2D eigenvalue weighted by Crippen LogP contribution is 2.51. The van der Waals surface area contributed by atoms with E-state index >= 15 is 0 Å². The van der Waals surface area contributed by atoms with E-state index < -0.39 is 0 Å². The summed E-state index contributed by atoms with van der Waals surface area (Å²) in [5.41, 5.74) is 1.16. The molecule has 90 valence electrons. The molecule has 1 aliphatic rings. The van der Waals surface area contributed by atoms with Gasteiger partial charge in [0.25, 0.3) is 0 Å². The SMILES string of the molecule is CSCCCC(C)(C)C1(C)CCCCC1. The fourth-order valence-electron chi connectivity index (χ4n) is 2.97. The van der Waals surface area contributed by atoms with E-state index in [2.05, 4.69) is 27.0 Å². The second-order valence-corrected chi connectivity index (χ2v) is 7.09. The Bertz CT molecular complexity index is 178. The molecule has 15 heavy (non-hydrogen) atoms. The lowest BCUT2D eigenvalue weighted by Crippen LogP contribution is -2.37. The van der Waals surface area contributed by atoms with Crippen LogP contribution in [0.5, 0.6) is 0 Å². The molecule has 1 rings (SSSR count). The highest BCUT2D eigenvalue weighted by atomic mass is 32.2. The summed E-state index contributed by atoms with van der Waals surface area (Å²) in [6.45, 7) is 7.53. The van der Waals surface area contributed by atoms with Gasteiger partial charge in [-0.15, -0.1) is 0 Å². The van der Waals surface area contributed by atoms with Crippen molar-refractivity contribution in [3.05, 3.63) is 0 Å². The van der Waals surface area contributed by atoms with Crippen molar-refractivity contribution in [1.82, 2.24) is 0 Å². The van der Waals surface area contributed by atoms with Crippen LogP contribution in [0.25, 0.3) is 0 Å². The molecule has 0 atom stereocenters. The largest absolute Gasteiger partial charge is 0.165 e. The molecule has 1 heteroatoms. The van der Waals surface area contributed by atoms with Crippen LogP contribution in [0.15, 0.2) is 0 Å². The fraction of sp³-hybridized carbons (Fsp3) is 1.00. The molecular weight excluding hydrogens is 200 g/mol. The topological polar surface area (TPSA) is 0 Å². The maximum atomic E-state index is 2.53. The van der Waals surface area contributed by atoms with Gasteiger partial charge >= 0.3 is 0 Å². The lowest BCUT2D eigenvalue weighted by Gasteiger charge is -2.47. The Balaban J connectivity index is 2.49. The summed E-state index contributed by atoms with van der Waals surface area (Å²) in [5.74, 6) is 1.33. The van der Waals surface area contributed by atoms with E-state index in [-0.39, 0.29) is 0 Å². The molecule has 0 amide bonds. The first-order chi connectivity index (χ1) is 7.02. The maximum Gasteiger partial charge on any atom is -0.00701 e. The molecule has 0 radical (unpaired) electrons. The van der Waals surface area contributed by atoms with Crippen molar-refractivity contribution >= 4 is 11.8 Å². The van der Waals surface area contributed by atoms with Crippen molar-refractivity contribution in [1.29, 1.82) is 0 Å². The minimum absolute atomic E-state index is 0.545. The molecule has 1 saturated carbocycles. The molecule has 0 nitrogen and oxygen atoms in total. The van der Waals surface area contributed by atoms with Gasteiger partial charge in [0.2, 0.25) is 0 Å². The van der Waals surface area contributed by atoms with Crippen molar-refractivity contribution in [2.24, 2.45) is 10.8 Å².